The summed E-state index contributed by atoms with van der Waals surface area (Å²) in [7, 11) is 0. The van der Waals surface area contributed by atoms with Crippen molar-refractivity contribution < 1.29 is 4.79 Å². The second kappa shape index (κ2) is 4.39. The number of amides is 1. The minimum atomic E-state index is -0.0217. The number of nitrogens with zero attached hydrogens (tertiary/aromatic N) is 2. The zero-order chi connectivity index (χ0) is 13.4. The molecule has 0 radical (unpaired) electrons. The molecule has 0 aliphatic carbocycles. The number of carbonyl (C=O) groups excluding carboxylic acids is 1. The standard InChI is InChI=1S/C15H15N3O/c1-10-8-11-4-2-3-5-13(11)18(10)15(19)12-6-7-17-14(16)9-12/h2-7,9-10H,8H2,1H3,(H2,16,17). The second-order valence-electron chi connectivity index (χ2n) is 4.83. The van der Waals surface area contributed by atoms with Crippen LogP contribution in [0.2, 0.25) is 0 Å². The first-order valence-electron chi connectivity index (χ1n) is 6.30. The molecule has 1 atom stereocenters. The Morgan fingerprint density at radius 3 is 2.95 bits per heavy atom. The maximum Gasteiger partial charge on any atom is 0.258 e. The van der Waals surface area contributed by atoms with Gasteiger partial charge in [0.2, 0.25) is 0 Å². The van der Waals surface area contributed by atoms with Gasteiger partial charge in [-0.3, -0.25) is 4.79 Å². The molecule has 1 unspecified atom stereocenters. The van der Waals surface area contributed by atoms with Crippen molar-refractivity contribution in [1.29, 1.82) is 0 Å². The number of anilines is 2. The highest BCUT2D eigenvalue weighted by molar-refractivity contribution is 6.08. The summed E-state index contributed by atoms with van der Waals surface area (Å²) in [6.45, 7) is 2.06. The summed E-state index contributed by atoms with van der Waals surface area (Å²) in [4.78, 5) is 18.4. The fourth-order valence-electron chi connectivity index (χ4n) is 2.60. The van der Waals surface area contributed by atoms with E-state index in [9.17, 15) is 4.79 Å². The summed E-state index contributed by atoms with van der Waals surface area (Å²) in [5.41, 5.74) is 8.43. The summed E-state index contributed by atoms with van der Waals surface area (Å²) in [5.74, 6) is 0.345. The summed E-state index contributed by atoms with van der Waals surface area (Å²) in [5, 5.41) is 0. The SMILES string of the molecule is CC1Cc2ccccc2N1C(=O)c1ccnc(N)c1. The minimum Gasteiger partial charge on any atom is -0.384 e. The molecule has 96 valence electrons. The monoisotopic (exact) mass is 253 g/mol. The number of rotatable bonds is 1. The number of para-hydroxylation sites is 1. The Hall–Kier alpha value is -2.36. The van der Waals surface area contributed by atoms with E-state index in [0.717, 1.165) is 12.1 Å². The first-order valence-corrected chi connectivity index (χ1v) is 6.30. The molecular formula is C15H15N3O. The van der Waals surface area contributed by atoms with Crippen molar-refractivity contribution >= 4 is 17.4 Å². The van der Waals surface area contributed by atoms with Crippen LogP contribution >= 0.6 is 0 Å². The first kappa shape index (κ1) is 11.7. The third-order valence-corrected chi connectivity index (χ3v) is 3.45. The average molecular weight is 253 g/mol. The number of nitrogens with two attached hydrogens (primary N) is 1. The van der Waals surface area contributed by atoms with Crippen LogP contribution in [0.4, 0.5) is 11.5 Å². The average Bonchev–Trinajstić information content (AvgIpc) is 2.74. The summed E-state index contributed by atoms with van der Waals surface area (Å²) in [6.07, 6.45) is 2.46. The van der Waals surface area contributed by atoms with Crippen LogP contribution in [-0.4, -0.2) is 16.9 Å². The maximum absolute atomic E-state index is 12.6. The molecule has 4 nitrogen and oxygen atoms in total. The van der Waals surface area contributed by atoms with Crippen LogP contribution in [0.15, 0.2) is 42.6 Å². The van der Waals surface area contributed by atoms with Gasteiger partial charge in [0, 0.05) is 23.5 Å². The van der Waals surface area contributed by atoms with Crippen molar-refractivity contribution in [1.82, 2.24) is 4.98 Å². The molecule has 0 saturated carbocycles. The number of fused-ring (bicyclic) bond motifs is 1. The highest BCUT2D eigenvalue weighted by Gasteiger charge is 2.31. The van der Waals surface area contributed by atoms with E-state index in [1.165, 1.54) is 5.56 Å². The Morgan fingerprint density at radius 2 is 2.16 bits per heavy atom. The molecule has 0 spiro atoms. The van der Waals surface area contributed by atoms with Crippen LogP contribution in [-0.2, 0) is 6.42 Å². The van der Waals surface area contributed by atoms with Crippen LogP contribution in [0.3, 0.4) is 0 Å². The van der Waals surface area contributed by atoms with E-state index in [1.54, 1.807) is 18.3 Å². The van der Waals surface area contributed by atoms with Crippen LogP contribution in [0.1, 0.15) is 22.8 Å². The zero-order valence-corrected chi connectivity index (χ0v) is 10.7. The van der Waals surface area contributed by atoms with E-state index in [1.807, 2.05) is 23.1 Å². The van der Waals surface area contributed by atoms with Gasteiger partial charge < -0.3 is 10.6 Å². The van der Waals surface area contributed by atoms with Crippen molar-refractivity contribution in [2.45, 2.75) is 19.4 Å². The number of benzene rings is 1. The summed E-state index contributed by atoms with van der Waals surface area (Å²) < 4.78 is 0. The minimum absolute atomic E-state index is 0.0217. The topological polar surface area (TPSA) is 59.2 Å². The Morgan fingerprint density at radius 1 is 1.37 bits per heavy atom. The largest absolute Gasteiger partial charge is 0.384 e. The van der Waals surface area contributed by atoms with E-state index >= 15 is 0 Å². The fourth-order valence-corrected chi connectivity index (χ4v) is 2.60. The van der Waals surface area contributed by atoms with E-state index in [-0.39, 0.29) is 11.9 Å². The van der Waals surface area contributed by atoms with Gasteiger partial charge in [-0.1, -0.05) is 18.2 Å². The molecule has 0 saturated heterocycles. The van der Waals surface area contributed by atoms with Crippen molar-refractivity contribution in [3.63, 3.8) is 0 Å². The molecule has 1 aliphatic heterocycles. The smallest absolute Gasteiger partial charge is 0.258 e. The van der Waals surface area contributed by atoms with E-state index in [2.05, 4.69) is 18.0 Å². The predicted octanol–water partition coefficient (Wildman–Crippen LogP) is 2.26. The first-order chi connectivity index (χ1) is 9.16. The Kier molecular flexibility index (Phi) is 2.71. The molecule has 3 rings (SSSR count). The Bertz CT molecular complexity index is 639. The van der Waals surface area contributed by atoms with Gasteiger partial charge in [-0.05, 0) is 37.1 Å². The third kappa shape index (κ3) is 1.95. The van der Waals surface area contributed by atoms with Gasteiger partial charge in [0.1, 0.15) is 5.82 Å². The van der Waals surface area contributed by atoms with Gasteiger partial charge in [-0.15, -0.1) is 0 Å². The highest BCUT2D eigenvalue weighted by atomic mass is 16.2. The molecule has 2 aromatic rings. The number of hydrogen-bond acceptors (Lipinski definition) is 3. The molecule has 4 heteroatoms. The molecule has 0 fully saturated rings. The van der Waals surface area contributed by atoms with E-state index in [0.29, 0.717) is 11.4 Å². The molecule has 1 amide bonds. The van der Waals surface area contributed by atoms with Gasteiger partial charge in [0.25, 0.3) is 5.91 Å². The molecule has 19 heavy (non-hydrogen) atoms. The van der Waals surface area contributed by atoms with Crippen molar-refractivity contribution in [3.8, 4) is 0 Å². The molecule has 2 heterocycles. The van der Waals surface area contributed by atoms with Crippen LogP contribution in [0, 0.1) is 0 Å². The van der Waals surface area contributed by atoms with Crippen LogP contribution < -0.4 is 10.6 Å². The van der Waals surface area contributed by atoms with Gasteiger partial charge >= 0.3 is 0 Å². The number of hydrogen-bond donors (Lipinski definition) is 1. The molecule has 1 aromatic heterocycles. The van der Waals surface area contributed by atoms with Gasteiger partial charge in [0.15, 0.2) is 0 Å². The van der Waals surface area contributed by atoms with Gasteiger partial charge in [-0.2, -0.15) is 0 Å². The molecule has 2 N–H and O–H groups in total. The summed E-state index contributed by atoms with van der Waals surface area (Å²) >= 11 is 0. The Labute approximate surface area is 111 Å². The lowest BCUT2D eigenvalue weighted by atomic mass is 10.1. The molecule has 1 aliphatic rings. The zero-order valence-electron chi connectivity index (χ0n) is 10.7. The van der Waals surface area contributed by atoms with Crippen molar-refractivity contribution in [2.24, 2.45) is 0 Å². The van der Waals surface area contributed by atoms with Crippen LogP contribution in [0.5, 0.6) is 0 Å². The van der Waals surface area contributed by atoms with Gasteiger partial charge in [0.05, 0.1) is 0 Å². The molecule has 0 bridgehead atoms. The molecule has 1 aromatic carbocycles. The third-order valence-electron chi connectivity index (χ3n) is 3.45. The van der Waals surface area contributed by atoms with Crippen molar-refractivity contribution in [3.05, 3.63) is 53.7 Å². The maximum atomic E-state index is 12.6. The lowest BCUT2D eigenvalue weighted by Crippen LogP contribution is -2.35. The van der Waals surface area contributed by atoms with E-state index in [4.69, 9.17) is 5.73 Å². The number of aromatic nitrogens is 1. The lowest BCUT2D eigenvalue weighted by Gasteiger charge is -2.22. The second-order valence-corrected chi connectivity index (χ2v) is 4.83. The van der Waals surface area contributed by atoms with Gasteiger partial charge in [-0.25, -0.2) is 4.98 Å². The molecular weight excluding hydrogens is 238 g/mol. The van der Waals surface area contributed by atoms with Crippen LogP contribution in [0.25, 0.3) is 0 Å². The summed E-state index contributed by atoms with van der Waals surface area (Å²) in [6, 6.07) is 11.5. The Balaban J connectivity index is 2.01. The normalized spacial score (nSPS) is 17.3. The quantitative estimate of drug-likeness (QED) is 0.848. The number of carbonyl (C=O) groups is 1. The fraction of sp³-hybridized carbons (Fsp3) is 0.200. The number of pyridine rings is 1. The highest BCUT2D eigenvalue weighted by Crippen LogP contribution is 2.33. The van der Waals surface area contributed by atoms with Crippen molar-refractivity contribution in [2.75, 3.05) is 10.6 Å². The predicted molar refractivity (Wildman–Crippen MR) is 75.1 cm³/mol. The van der Waals surface area contributed by atoms with E-state index < -0.39 is 0 Å². The lowest BCUT2D eigenvalue weighted by molar-refractivity contribution is 0.0981. The number of nitrogen functional groups attached to an aromatic ring is 1.